The second-order valence-electron chi connectivity index (χ2n) is 5.88. The summed E-state index contributed by atoms with van der Waals surface area (Å²) in [6, 6.07) is 6.36. The van der Waals surface area contributed by atoms with Crippen molar-refractivity contribution < 1.29 is 9.47 Å². The molecule has 19 heavy (non-hydrogen) atoms. The molecule has 2 aliphatic heterocycles. The normalized spacial score (nSPS) is 25.7. The maximum absolute atomic E-state index is 6.02. The van der Waals surface area contributed by atoms with Crippen molar-refractivity contribution in [2.45, 2.75) is 31.9 Å². The topological polar surface area (TPSA) is 34.6 Å². The Hall–Kier alpha value is -1.13. The lowest BCUT2D eigenvalue weighted by Gasteiger charge is -2.52. The minimum absolute atomic E-state index is 0.0407. The van der Waals surface area contributed by atoms with Crippen molar-refractivity contribution >= 4 is 0 Å². The molecule has 0 aliphatic carbocycles. The molecule has 0 unspecified atom stereocenters. The number of rotatable bonds is 4. The average Bonchev–Trinajstić information content (AvgIpc) is 2.79. The molecule has 0 bridgehead atoms. The van der Waals surface area contributed by atoms with Gasteiger partial charge in [-0.2, -0.15) is 0 Å². The molecule has 3 heterocycles. The van der Waals surface area contributed by atoms with Crippen molar-refractivity contribution in [2.24, 2.45) is 5.92 Å². The van der Waals surface area contributed by atoms with Crippen LogP contribution in [0.4, 0.5) is 0 Å². The Labute approximate surface area is 114 Å². The average molecular weight is 262 g/mol. The molecule has 0 radical (unpaired) electrons. The number of hydrogen-bond acceptors (Lipinski definition) is 4. The lowest BCUT2D eigenvalue weighted by Crippen LogP contribution is -2.66. The molecule has 1 aromatic heterocycles. The van der Waals surface area contributed by atoms with Gasteiger partial charge in [0, 0.05) is 43.9 Å². The van der Waals surface area contributed by atoms with Crippen LogP contribution in [0.15, 0.2) is 24.4 Å². The van der Waals surface area contributed by atoms with Gasteiger partial charge in [-0.05, 0) is 26.3 Å². The predicted octanol–water partition coefficient (Wildman–Crippen LogP) is 1.96. The Bertz CT molecular complexity index is 415. The standard InChI is InChI=1S/C15H22N2O2/c1-12(2)17-10-15(11-17)13(6-8-19-15)9-18-14-5-3-4-7-16-14/h3-5,7,12-13H,6,8-11H2,1-2H3/t13-/m0/s1. The number of likely N-dealkylation sites (tertiary alicyclic amines) is 1. The highest BCUT2D eigenvalue weighted by Crippen LogP contribution is 2.40. The van der Waals surface area contributed by atoms with E-state index in [2.05, 4.69) is 23.7 Å². The van der Waals surface area contributed by atoms with Crippen molar-refractivity contribution in [1.82, 2.24) is 9.88 Å². The minimum atomic E-state index is 0.0407. The third-order valence-electron chi connectivity index (χ3n) is 4.34. The van der Waals surface area contributed by atoms with Crippen LogP contribution in [0.5, 0.6) is 5.88 Å². The summed E-state index contributed by atoms with van der Waals surface area (Å²) in [4.78, 5) is 6.66. The van der Waals surface area contributed by atoms with Gasteiger partial charge in [-0.15, -0.1) is 0 Å². The molecule has 0 amide bonds. The first-order chi connectivity index (χ1) is 9.20. The molecule has 4 heteroatoms. The summed E-state index contributed by atoms with van der Waals surface area (Å²) in [6.07, 6.45) is 2.86. The third kappa shape index (κ3) is 2.47. The van der Waals surface area contributed by atoms with Crippen LogP contribution >= 0.6 is 0 Å². The summed E-state index contributed by atoms with van der Waals surface area (Å²) < 4.78 is 11.8. The maximum atomic E-state index is 6.02. The van der Waals surface area contributed by atoms with Crippen molar-refractivity contribution in [3.05, 3.63) is 24.4 Å². The van der Waals surface area contributed by atoms with E-state index < -0.39 is 0 Å². The Morgan fingerprint density at radius 2 is 2.32 bits per heavy atom. The lowest BCUT2D eigenvalue weighted by atomic mass is 9.80. The van der Waals surface area contributed by atoms with E-state index in [9.17, 15) is 0 Å². The van der Waals surface area contributed by atoms with Crippen LogP contribution in [-0.4, -0.2) is 47.8 Å². The first-order valence-corrected chi connectivity index (χ1v) is 7.11. The SMILES string of the molecule is CC(C)N1CC2(C1)OCC[C@H]2COc1ccccn1. The smallest absolute Gasteiger partial charge is 0.213 e. The molecule has 1 aromatic rings. The van der Waals surface area contributed by atoms with Crippen molar-refractivity contribution in [3.63, 3.8) is 0 Å². The number of pyridine rings is 1. The van der Waals surface area contributed by atoms with E-state index in [4.69, 9.17) is 9.47 Å². The molecule has 2 fully saturated rings. The molecule has 2 saturated heterocycles. The monoisotopic (exact) mass is 262 g/mol. The Morgan fingerprint density at radius 1 is 1.47 bits per heavy atom. The Morgan fingerprint density at radius 3 is 3.00 bits per heavy atom. The molecule has 0 aromatic carbocycles. The Kier molecular flexibility index (Phi) is 3.46. The van der Waals surface area contributed by atoms with Crippen LogP contribution in [0.25, 0.3) is 0 Å². The highest BCUT2D eigenvalue weighted by molar-refractivity contribution is 5.10. The quantitative estimate of drug-likeness (QED) is 0.831. The maximum Gasteiger partial charge on any atom is 0.213 e. The highest BCUT2D eigenvalue weighted by Gasteiger charge is 2.53. The first kappa shape index (κ1) is 12.9. The van der Waals surface area contributed by atoms with E-state index in [1.807, 2.05) is 18.2 Å². The minimum Gasteiger partial charge on any atom is -0.477 e. The van der Waals surface area contributed by atoms with Gasteiger partial charge in [0.15, 0.2) is 0 Å². The third-order valence-corrected chi connectivity index (χ3v) is 4.34. The number of ether oxygens (including phenoxy) is 2. The fraction of sp³-hybridized carbons (Fsp3) is 0.667. The zero-order valence-corrected chi connectivity index (χ0v) is 11.7. The molecular weight excluding hydrogens is 240 g/mol. The van der Waals surface area contributed by atoms with Gasteiger partial charge in [-0.25, -0.2) is 4.98 Å². The number of aromatic nitrogens is 1. The van der Waals surface area contributed by atoms with E-state index in [1.165, 1.54) is 0 Å². The first-order valence-electron chi connectivity index (χ1n) is 7.11. The van der Waals surface area contributed by atoms with Crippen LogP contribution in [0.1, 0.15) is 20.3 Å². The van der Waals surface area contributed by atoms with Crippen LogP contribution in [0.3, 0.4) is 0 Å². The van der Waals surface area contributed by atoms with Crippen LogP contribution in [0, 0.1) is 5.92 Å². The number of hydrogen-bond donors (Lipinski definition) is 0. The summed E-state index contributed by atoms with van der Waals surface area (Å²) in [5.74, 6) is 1.20. The predicted molar refractivity (Wildman–Crippen MR) is 73.2 cm³/mol. The molecule has 2 aliphatic rings. The highest BCUT2D eigenvalue weighted by atomic mass is 16.5. The fourth-order valence-corrected chi connectivity index (χ4v) is 2.99. The lowest BCUT2D eigenvalue weighted by molar-refractivity contribution is -0.147. The van der Waals surface area contributed by atoms with Crippen molar-refractivity contribution in [1.29, 1.82) is 0 Å². The van der Waals surface area contributed by atoms with Gasteiger partial charge < -0.3 is 9.47 Å². The summed E-state index contributed by atoms with van der Waals surface area (Å²) in [5, 5.41) is 0. The van der Waals surface area contributed by atoms with Gasteiger partial charge in [0.25, 0.3) is 0 Å². The van der Waals surface area contributed by atoms with Gasteiger partial charge in [0.1, 0.15) is 0 Å². The van der Waals surface area contributed by atoms with E-state index in [0.717, 1.165) is 26.1 Å². The van der Waals surface area contributed by atoms with Crippen LogP contribution < -0.4 is 4.74 Å². The largest absolute Gasteiger partial charge is 0.477 e. The van der Waals surface area contributed by atoms with Gasteiger partial charge in [0.05, 0.1) is 12.2 Å². The molecular formula is C15H22N2O2. The molecule has 3 rings (SSSR count). The molecule has 1 atom stereocenters. The van der Waals surface area contributed by atoms with Gasteiger partial charge >= 0.3 is 0 Å². The van der Waals surface area contributed by atoms with Crippen LogP contribution in [-0.2, 0) is 4.74 Å². The van der Waals surface area contributed by atoms with E-state index in [1.54, 1.807) is 6.20 Å². The van der Waals surface area contributed by atoms with E-state index >= 15 is 0 Å². The molecule has 0 N–H and O–H groups in total. The van der Waals surface area contributed by atoms with E-state index in [0.29, 0.717) is 24.4 Å². The number of nitrogens with zero attached hydrogens (tertiary/aromatic N) is 2. The zero-order chi connectivity index (χ0) is 13.3. The molecule has 4 nitrogen and oxygen atoms in total. The van der Waals surface area contributed by atoms with Gasteiger partial charge in [0.2, 0.25) is 5.88 Å². The second kappa shape index (κ2) is 5.10. The van der Waals surface area contributed by atoms with Gasteiger partial charge in [-0.3, -0.25) is 4.90 Å². The summed E-state index contributed by atoms with van der Waals surface area (Å²) in [7, 11) is 0. The van der Waals surface area contributed by atoms with E-state index in [-0.39, 0.29) is 5.60 Å². The summed E-state index contributed by atoms with van der Waals surface area (Å²) in [5.41, 5.74) is 0.0407. The molecule has 104 valence electrons. The van der Waals surface area contributed by atoms with Crippen molar-refractivity contribution in [3.8, 4) is 5.88 Å². The fourth-order valence-electron chi connectivity index (χ4n) is 2.99. The Balaban J connectivity index is 1.56. The zero-order valence-electron chi connectivity index (χ0n) is 11.7. The van der Waals surface area contributed by atoms with Gasteiger partial charge in [-0.1, -0.05) is 6.07 Å². The molecule has 0 saturated carbocycles. The van der Waals surface area contributed by atoms with Crippen molar-refractivity contribution in [2.75, 3.05) is 26.3 Å². The van der Waals surface area contributed by atoms with Crippen LogP contribution in [0.2, 0.25) is 0 Å². The molecule has 1 spiro atoms. The summed E-state index contributed by atoms with van der Waals surface area (Å²) in [6.45, 7) is 8.13. The second-order valence-corrected chi connectivity index (χ2v) is 5.88. The summed E-state index contributed by atoms with van der Waals surface area (Å²) >= 11 is 0.